The van der Waals surface area contributed by atoms with Crippen molar-refractivity contribution >= 4 is 18.3 Å². The Kier molecular flexibility index (Phi) is 7.55. The van der Waals surface area contributed by atoms with Gasteiger partial charge >= 0.3 is 0 Å². The van der Waals surface area contributed by atoms with Crippen LogP contribution < -0.4 is 20.5 Å². The summed E-state index contributed by atoms with van der Waals surface area (Å²) in [5.74, 6) is 1.28. The van der Waals surface area contributed by atoms with Gasteiger partial charge in [-0.05, 0) is 42.8 Å². The average molecular weight is 351 g/mol. The van der Waals surface area contributed by atoms with E-state index in [2.05, 4.69) is 5.32 Å². The number of benzene rings is 2. The van der Waals surface area contributed by atoms with Crippen LogP contribution in [0.1, 0.15) is 34.5 Å². The van der Waals surface area contributed by atoms with Crippen LogP contribution in [0.3, 0.4) is 0 Å². The van der Waals surface area contributed by atoms with Gasteiger partial charge in [0.1, 0.15) is 11.5 Å². The fraction of sp³-hybridized carbons (Fsp3) is 0.278. The summed E-state index contributed by atoms with van der Waals surface area (Å²) in [6.45, 7) is 2.36. The van der Waals surface area contributed by atoms with Crippen LogP contribution in [0.4, 0.5) is 0 Å². The zero-order valence-corrected chi connectivity index (χ0v) is 14.9. The standard InChI is InChI=1S/C18H22N2O3.ClH/c1-12(16-10-15(22-2)8-9-17(16)23-3)20-18(21)14-6-4-13(11-19)5-7-14;/h4-10,12H,11,19H2,1-3H3,(H,20,21);1H. The Balaban J connectivity index is 0.00000288. The van der Waals surface area contributed by atoms with Crippen molar-refractivity contribution in [2.45, 2.75) is 19.5 Å². The van der Waals surface area contributed by atoms with Gasteiger partial charge in [-0.2, -0.15) is 0 Å². The fourth-order valence-corrected chi connectivity index (χ4v) is 2.33. The van der Waals surface area contributed by atoms with Crippen LogP contribution in [-0.2, 0) is 6.54 Å². The van der Waals surface area contributed by atoms with Crippen LogP contribution in [0.5, 0.6) is 11.5 Å². The number of amides is 1. The SMILES string of the molecule is COc1ccc(OC)c(C(C)NC(=O)c2ccc(CN)cc2)c1.Cl. The third kappa shape index (κ3) is 4.63. The highest BCUT2D eigenvalue weighted by molar-refractivity contribution is 5.94. The van der Waals surface area contributed by atoms with Crippen LogP contribution in [0.2, 0.25) is 0 Å². The second kappa shape index (κ2) is 9.15. The summed E-state index contributed by atoms with van der Waals surface area (Å²) in [5, 5.41) is 2.97. The summed E-state index contributed by atoms with van der Waals surface area (Å²) in [6.07, 6.45) is 0. The number of hydrogen-bond donors (Lipinski definition) is 2. The number of halogens is 1. The summed E-state index contributed by atoms with van der Waals surface area (Å²) in [4.78, 5) is 12.4. The van der Waals surface area contributed by atoms with Gasteiger partial charge in [-0.15, -0.1) is 12.4 Å². The first-order valence-electron chi connectivity index (χ1n) is 7.40. The Morgan fingerprint density at radius 3 is 2.33 bits per heavy atom. The zero-order chi connectivity index (χ0) is 16.8. The van der Waals surface area contributed by atoms with E-state index in [1.165, 1.54) is 0 Å². The molecule has 0 saturated heterocycles. The van der Waals surface area contributed by atoms with Crippen LogP contribution in [0.15, 0.2) is 42.5 Å². The summed E-state index contributed by atoms with van der Waals surface area (Å²) in [6, 6.07) is 12.5. The predicted molar refractivity (Wildman–Crippen MR) is 97.0 cm³/mol. The topological polar surface area (TPSA) is 73.6 Å². The maximum Gasteiger partial charge on any atom is 0.251 e. The van der Waals surface area contributed by atoms with E-state index >= 15 is 0 Å². The number of nitrogens with one attached hydrogen (secondary N) is 1. The first-order chi connectivity index (χ1) is 11.1. The van der Waals surface area contributed by atoms with Crippen molar-refractivity contribution in [1.29, 1.82) is 0 Å². The smallest absolute Gasteiger partial charge is 0.251 e. The molecule has 2 aromatic rings. The van der Waals surface area contributed by atoms with Gasteiger partial charge in [0.05, 0.1) is 20.3 Å². The van der Waals surface area contributed by atoms with Crippen molar-refractivity contribution in [2.75, 3.05) is 14.2 Å². The minimum atomic E-state index is -0.221. The largest absolute Gasteiger partial charge is 0.497 e. The van der Waals surface area contributed by atoms with Gasteiger partial charge in [-0.1, -0.05) is 12.1 Å². The molecule has 1 amide bonds. The number of carbonyl (C=O) groups excluding carboxylic acids is 1. The lowest BCUT2D eigenvalue weighted by atomic mass is 10.1. The van der Waals surface area contributed by atoms with E-state index in [0.717, 1.165) is 11.1 Å². The van der Waals surface area contributed by atoms with E-state index in [1.54, 1.807) is 26.4 Å². The van der Waals surface area contributed by atoms with Crippen LogP contribution in [-0.4, -0.2) is 20.1 Å². The molecule has 130 valence electrons. The number of hydrogen-bond acceptors (Lipinski definition) is 4. The number of ether oxygens (including phenoxy) is 2. The highest BCUT2D eigenvalue weighted by atomic mass is 35.5. The average Bonchev–Trinajstić information content (AvgIpc) is 2.61. The molecule has 1 unspecified atom stereocenters. The van der Waals surface area contributed by atoms with Crippen LogP contribution in [0.25, 0.3) is 0 Å². The Hall–Kier alpha value is -2.24. The molecule has 0 radical (unpaired) electrons. The van der Waals surface area contributed by atoms with E-state index in [0.29, 0.717) is 23.6 Å². The molecule has 2 rings (SSSR count). The second-order valence-corrected chi connectivity index (χ2v) is 5.20. The highest BCUT2D eigenvalue weighted by Crippen LogP contribution is 2.29. The van der Waals surface area contributed by atoms with Gasteiger partial charge < -0.3 is 20.5 Å². The number of rotatable bonds is 6. The molecule has 0 heterocycles. The summed E-state index contributed by atoms with van der Waals surface area (Å²) >= 11 is 0. The first kappa shape index (κ1) is 19.8. The molecule has 0 saturated carbocycles. The molecule has 24 heavy (non-hydrogen) atoms. The normalized spacial score (nSPS) is 11.2. The predicted octanol–water partition coefficient (Wildman–Crippen LogP) is 3.08. The lowest BCUT2D eigenvalue weighted by Crippen LogP contribution is -2.27. The van der Waals surface area contributed by atoms with E-state index in [1.807, 2.05) is 37.3 Å². The van der Waals surface area contributed by atoms with Gasteiger partial charge in [0.15, 0.2) is 0 Å². The third-order valence-corrected chi connectivity index (χ3v) is 3.70. The molecule has 3 N–H and O–H groups in total. The van der Waals surface area contributed by atoms with E-state index in [-0.39, 0.29) is 24.4 Å². The minimum absolute atomic E-state index is 0. The van der Waals surface area contributed by atoms with Crippen molar-refractivity contribution < 1.29 is 14.3 Å². The monoisotopic (exact) mass is 350 g/mol. The maximum absolute atomic E-state index is 12.4. The molecule has 2 aromatic carbocycles. The molecule has 0 aliphatic heterocycles. The fourth-order valence-electron chi connectivity index (χ4n) is 2.33. The Bertz CT molecular complexity index is 674. The molecule has 0 aliphatic carbocycles. The number of carbonyl (C=O) groups is 1. The molecule has 0 fully saturated rings. The first-order valence-corrected chi connectivity index (χ1v) is 7.40. The van der Waals surface area contributed by atoms with Gasteiger partial charge in [0.2, 0.25) is 0 Å². The molecule has 5 nitrogen and oxygen atoms in total. The third-order valence-electron chi connectivity index (χ3n) is 3.70. The van der Waals surface area contributed by atoms with Gasteiger partial charge in [-0.3, -0.25) is 4.79 Å². The zero-order valence-electron chi connectivity index (χ0n) is 14.0. The quantitative estimate of drug-likeness (QED) is 0.839. The van der Waals surface area contributed by atoms with Crippen LogP contribution >= 0.6 is 12.4 Å². The molecular formula is C18H23ClN2O3. The van der Waals surface area contributed by atoms with Crippen molar-refractivity contribution in [3.63, 3.8) is 0 Å². The van der Waals surface area contributed by atoms with Gasteiger partial charge in [0.25, 0.3) is 5.91 Å². The molecule has 0 aliphatic rings. The Morgan fingerprint density at radius 2 is 1.79 bits per heavy atom. The van der Waals surface area contributed by atoms with Gasteiger partial charge in [-0.25, -0.2) is 0 Å². The van der Waals surface area contributed by atoms with E-state index in [9.17, 15) is 4.79 Å². The van der Waals surface area contributed by atoms with Crippen molar-refractivity contribution in [3.05, 3.63) is 59.2 Å². The van der Waals surface area contributed by atoms with Crippen molar-refractivity contribution in [1.82, 2.24) is 5.32 Å². The summed E-state index contributed by atoms with van der Waals surface area (Å²) in [7, 11) is 3.21. The van der Waals surface area contributed by atoms with Crippen LogP contribution in [0, 0.1) is 0 Å². The molecule has 6 heteroatoms. The molecule has 0 bridgehead atoms. The summed E-state index contributed by atoms with van der Waals surface area (Å²) in [5.41, 5.74) is 8.01. The Labute approximate surface area is 148 Å². The molecule has 0 spiro atoms. The highest BCUT2D eigenvalue weighted by Gasteiger charge is 2.16. The van der Waals surface area contributed by atoms with Crippen molar-refractivity contribution in [2.24, 2.45) is 5.73 Å². The second-order valence-electron chi connectivity index (χ2n) is 5.20. The minimum Gasteiger partial charge on any atom is -0.497 e. The number of nitrogens with two attached hydrogens (primary N) is 1. The molecular weight excluding hydrogens is 328 g/mol. The van der Waals surface area contributed by atoms with E-state index in [4.69, 9.17) is 15.2 Å². The van der Waals surface area contributed by atoms with E-state index < -0.39 is 0 Å². The molecule has 0 aromatic heterocycles. The van der Waals surface area contributed by atoms with Crippen molar-refractivity contribution in [3.8, 4) is 11.5 Å². The lowest BCUT2D eigenvalue weighted by Gasteiger charge is -2.18. The van der Waals surface area contributed by atoms with Gasteiger partial charge in [0, 0.05) is 17.7 Å². The summed E-state index contributed by atoms with van der Waals surface area (Å²) < 4.78 is 10.6. The maximum atomic E-state index is 12.4. The molecule has 1 atom stereocenters. The number of methoxy groups -OCH3 is 2. The lowest BCUT2D eigenvalue weighted by molar-refractivity contribution is 0.0939. The Morgan fingerprint density at radius 1 is 1.12 bits per heavy atom.